The quantitative estimate of drug-likeness (QED) is 0.892. The van der Waals surface area contributed by atoms with Gasteiger partial charge < -0.3 is 20.1 Å². The van der Waals surface area contributed by atoms with E-state index in [2.05, 4.69) is 20.6 Å². The van der Waals surface area contributed by atoms with E-state index in [0.29, 0.717) is 47.7 Å². The van der Waals surface area contributed by atoms with Gasteiger partial charge in [-0.1, -0.05) is 0 Å². The molecule has 1 aromatic heterocycles. The Labute approximate surface area is 146 Å². The average molecular weight is 342 g/mol. The largest absolute Gasteiger partial charge is 0.486 e. The first-order valence-electron chi connectivity index (χ1n) is 8.15. The van der Waals surface area contributed by atoms with E-state index in [1.807, 2.05) is 20.8 Å². The highest BCUT2D eigenvalue weighted by Crippen LogP contribution is 2.32. The summed E-state index contributed by atoms with van der Waals surface area (Å²) in [7, 11) is 0. The summed E-state index contributed by atoms with van der Waals surface area (Å²) in [5.74, 6) is 2.14. The van der Waals surface area contributed by atoms with Gasteiger partial charge in [0.25, 0.3) is 5.91 Å². The standard InChI is InChI=1S/C18H22N4O3/c1-11-19-13(10-16(20-11)22-18(2,3)4)17(23)21-12-5-6-14-15(9-12)25-8-7-24-14/h5-6,9-10H,7-8H2,1-4H3,(H,21,23)(H,19,20,22). The van der Waals surface area contributed by atoms with Crippen LogP contribution >= 0.6 is 0 Å². The summed E-state index contributed by atoms with van der Waals surface area (Å²) in [6.07, 6.45) is 0. The van der Waals surface area contributed by atoms with Gasteiger partial charge in [-0.15, -0.1) is 0 Å². The van der Waals surface area contributed by atoms with Gasteiger partial charge in [-0.25, -0.2) is 9.97 Å². The zero-order valence-corrected chi connectivity index (χ0v) is 14.8. The molecule has 2 heterocycles. The van der Waals surface area contributed by atoms with Gasteiger partial charge in [0.15, 0.2) is 11.5 Å². The van der Waals surface area contributed by atoms with Crippen molar-refractivity contribution in [2.45, 2.75) is 33.2 Å². The Hall–Kier alpha value is -2.83. The van der Waals surface area contributed by atoms with Gasteiger partial charge >= 0.3 is 0 Å². The first-order chi connectivity index (χ1) is 11.8. The Morgan fingerprint density at radius 3 is 2.52 bits per heavy atom. The molecule has 0 bridgehead atoms. The van der Waals surface area contributed by atoms with Crippen LogP contribution in [-0.2, 0) is 0 Å². The number of anilines is 2. The third-order valence-electron chi connectivity index (χ3n) is 3.37. The van der Waals surface area contributed by atoms with Crippen molar-refractivity contribution in [1.29, 1.82) is 0 Å². The summed E-state index contributed by atoms with van der Waals surface area (Å²) in [6.45, 7) is 8.87. The lowest BCUT2D eigenvalue weighted by Crippen LogP contribution is -2.27. The van der Waals surface area contributed by atoms with Crippen molar-refractivity contribution in [1.82, 2.24) is 9.97 Å². The fourth-order valence-corrected chi connectivity index (χ4v) is 2.45. The van der Waals surface area contributed by atoms with E-state index in [1.54, 1.807) is 31.2 Å². The van der Waals surface area contributed by atoms with Crippen LogP contribution in [0, 0.1) is 6.92 Å². The second-order valence-electron chi connectivity index (χ2n) is 6.87. The molecule has 0 aliphatic carbocycles. The van der Waals surface area contributed by atoms with Crippen molar-refractivity contribution in [3.05, 3.63) is 35.8 Å². The minimum absolute atomic E-state index is 0.162. The molecule has 132 valence electrons. The molecule has 25 heavy (non-hydrogen) atoms. The SMILES string of the molecule is Cc1nc(NC(C)(C)C)cc(C(=O)Nc2ccc3c(c2)OCCO3)n1. The van der Waals surface area contributed by atoms with E-state index in [9.17, 15) is 4.79 Å². The summed E-state index contributed by atoms with van der Waals surface area (Å²) in [5, 5.41) is 6.09. The summed E-state index contributed by atoms with van der Waals surface area (Å²) < 4.78 is 11.0. The molecule has 0 saturated heterocycles. The number of nitrogens with zero attached hydrogens (tertiary/aromatic N) is 2. The highest BCUT2D eigenvalue weighted by atomic mass is 16.6. The van der Waals surface area contributed by atoms with E-state index in [-0.39, 0.29) is 11.4 Å². The van der Waals surface area contributed by atoms with Crippen LogP contribution in [0.1, 0.15) is 37.1 Å². The van der Waals surface area contributed by atoms with Crippen LogP contribution in [0.25, 0.3) is 0 Å². The number of aryl methyl sites for hydroxylation is 1. The molecule has 0 saturated carbocycles. The minimum atomic E-state index is -0.306. The van der Waals surface area contributed by atoms with Gasteiger partial charge in [0, 0.05) is 23.4 Å². The topological polar surface area (TPSA) is 85.4 Å². The molecular weight excluding hydrogens is 320 g/mol. The lowest BCUT2D eigenvalue weighted by atomic mass is 10.1. The zero-order valence-electron chi connectivity index (χ0n) is 14.8. The van der Waals surface area contributed by atoms with Crippen molar-refractivity contribution in [2.75, 3.05) is 23.8 Å². The normalized spacial score (nSPS) is 13.3. The van der Waals surface area contributed by atoms with Gasteiger partial charge in [-0.3, -0.25) is 4.79 Å². The highest BCUT2D eigenvalue weighted by molar-refractivity contribution is 6.03. The van der Waals surface area contributed by atoms with E-state index < -0.39 is 0 Å². The molecule has 3 rings (SSSR count). The minimum Gasteiger partial charge on any atom is -0.486 e. The van der Waals surface area contributed by atoms with Crippen molar-refractivity contribution in [3.8, 4) is 11.5 Å². The molecule has 0 unspecified atom stereocenters. The third-order valence-corrected chi connectivity index (χ3v) is 3.37. The third kappa shape index (κ3) is 4.37. The lowest BCUT2D eigenvalue weighted by molar-refractivity contribution is 0.102. The number of nitrogens with one attached hydrogen (secondary N) is 2. The molecule has 1 aliphatic rings. The first kappa shape index (κ1) is 17.0. The maximum atomic E-state index is 12.6. The number of carbonyl (C=O) groups is 1. The van der Waals surface area contributed by atoms with Crippen molar-refractivity contribution in [3.63, 3.8) is 0 Å². The van der Waals surface area contributed by atoms with Gasteiger partial charge in [-0.2, -0.15) is 0 Å². The number of carbonyl (C=O) groups excluding carboxylic acids is 1. The molecule has 0 fully saturated rings. The number of ether oxygens (including phenoxy) is 2. The monoisotopic (exact) mass is 342 g/mol. The molecular formula is C18H22N4O3. The molecule has 0 atom stereocenters. The Kier molecular flexibility index (Phi) is 4.48. The van der Waals surface area contributed by atoms with Gasteiger partial charge in [-0.05, 0) is 39.8 Å². The Morgan fingerprint density at radius 1 is 1.08 bits per heavy atom. The number of hydrogen-bond donors (Lipinski definition) is 2. The number of hydrogen-bond acceptors (Lipinski definition) is 6. The van der Waals surface area contributed by atoms with Crippen LogP contribution in [0.3, 0.4) is 0 Å². The number of fused-ring (bicyclic) bond motifs is 1. The van der Waals surface area contributed by atoms with Crippen LogP contribution in [0.5, 0.6) is 11.5 Å². The molecule has 0 spiro atoms. The predicted molar refractivity (Wildman–Crippen MR) is 95.5 cm³/mol. The smallest absolute Gasteiger partial charge is 0.274 e. The van der Waals surface area contributed by atoms with E-state index in [0.717, 1.165) is 0 Å². The van der Waals surface area contributed by atoms with E-state index in [4.69, 9.17) is 9.47 Å². The van der Waals surface area contributed by atoms with Crippen LogP contribution in [0.15, 0.2) is 24.3 Å². The predicted octanol–water partition coefficient (Wildman–Crippen LogP) is 3.02. The summed E-state index contributed by atoms with van der Waals surface area (Å²) in [4.78, 5) is 21.1. The van der Waals surface area contributed by atoms with E-state index in [1.165, 1.54) is 0 Å². The van der Waals surface area contributed by atoms with E-state index >= 15 is 0 Å². The molecule has 2 N–H and O–H groups in total. The average Bonchev–Trinajstić information content (AvgIpc) is 2.52. The Bertz CT molecular complexity index is 799. The molecule has 7 heteroatoms. The number of rotatable bonds is 3. The van der Waals surface area contributed by atoms with Crippen LogP contribution in [0.4, 0.5) is 11.5 Å². The van der Waals surface area contributed by atoms with Crippen molar-refractivity contribution < 1.29 is 14.3 Å². The summed E-state index contributed by atoms with van der Waals surface area (Å²) in [5.41, 5.74) is 0.759. The first-order valence-corrected chi connectivity index (χ1v) is 8.15. The zero-order chi connectivity index (χ0) is 18.0. The van der Waals surface area contributed by atoms with Crippen molar-refractivity contribution >= 4 is 17.4 Å². The maximum Gasteiger partial charge on any atom is 0.274 e. The molecule has 7 nitrogen and oxygen atoms in total. The maximum absolute atomic E-state index is 12.6. The van der Waals surface area contributed by atoms with Gasteiger partial charge in [0.05, 0.1) is 0 Å². The Morgan fingerprint density at radius 2 is 1.80 bits per heavy atom. The second-order valence-corrected chi connectivity index (χ2v) is 6.87. The number of amides is 1. The molecule has 1 aliphatic heterocycles. The van der Waals surface area contributed by atoms with Crippen LogP contribution in [0.2, 0.25) is 0 Å². The highest BCUT2D eigenvalue weighted by Gasteiger charge is 2.16. The van der Waals surface area contributed by atoms with Crippen molar-refractivity contribution in [2.24, 2.45) is 0 Å². The number of benzene rings is 1. The molecule has 0 radical (unpaired) electrons. The van der Waals surface area contributed by atoms with Gasteiger partial charge in [0.2, 0.25) is 0 Å². The summed E-state index contributed by atoms with van der Waals surface area (Å²) >= 11 is 0. The molecule has 1 amide bonds. The molecule has 1 aromatic carbocycles. The second kappa shape index (κ2) is 6.58. The fourth-order valence-electron chi connectivity index (χ4n) is 2.45. The Balaban J connectivity index is 1.79. The fraction of sp³-hybridized carbons (Fsp3) is 0.389. The van der Waals surface area contributed by atoms with Gasteiger partial charge in [0.1, 0.15) is 30.5 Å². The summed E-state index contributed by atoms with van der Waals surface area (Å²) in [6, 6.07) is 6.94. The lowest BCUT2D eigenvalue weighted by Gasteiger charge is -2.21. The van der Waals surface area contributed by atoms with Crippen LogP contribution < -0.4 is 20.1 Å². The number of aromatic nitrogens is 2. The molecule has 2 aromatic rings. The van der Waals surface area contributed by atoms with Crippen LogP contribution in [-0.4, -0.2) is 34.6 Å².